The van der Waals surface area contributed by atoms with Crippen LogP contribution in [0.1, 0.15) is 18.5 Å². The lowest BCUT2D eigenvalue weighted by Crippen LogP contribution is -2.04. The van der Waals surface area contributed by atoms with Crippen molar-refractivity contribution in [2.75, 3.05) is 0 Å². The van der Waals surface area contributed by atoms with Crippen molar-refractivity contribution in [2.24, 2.45) is 5.73 Å². The summed E-state index contributed by atoms with van der Waals surface area (Å²) in [4.78, 5) is 9.68. The van der Waals surface area contributed by atoms with Crippen molar-refractivity contribution in [1.82, 2.24) is 0 Å². The van der Waals surface area contributed by atoms with E-state index in [-0.39, 0.29) is 17.5 Å². The Hall–Kier alpha value is -1.62. The van der Waals surface area contributed by atoms with E-state index in [2.05, 4.69) is 0 Å². The van der Waals surface area contributed by atoms with Gasteiger partial charge in [-0.2, -0.15) is 0 Å². The Balaban J connectivity index is 3.13. The van der Waals surface area contributed by atoms with Crippen molar-refractivity contribution in [3.05, 3.63) is 33.9 Å². The molecule has 1 atom stereocenters. The Morgan fingerprint density at radius 1 is 1.62 bits per heavy atom. The van der Waals surface area contributed by atoms with Crippen LogP contribution in [0.3, 0.4) is 0 Å². The second kappa shape index (κ2) is 3.40. The third-order valence-corrected chi connectivity index (χ3v) is 1.72. The second-order valence-electron chi connectivity index (χ2n) is 2.79. The molecule has 0 aliphatic heterocycles. The van der Waals surface area contributed by atoms with Crippen molar-refractivity contribution < 1.29 is 10.0 Å². The van der Waals surface area contributed by atoms with Crippen LogP contribution in [0.15, 0.2) is 18.2 Å². The SMILES string of the molecule is C[C@@H](N)c1ccc([N+](=O)[O-])c(O)c1. The molecule has 13 heavy (non-hydrogen) atoms. The first kappa shape index (κ1) is 9.47. The lowest BCUT2D eigenvalue weighted by atomic mass is 10.1. The minimum absolute atomic E-state index is 0.244. The zero-order chi connectivity index (χ0) is 10.0. The molecule has 0 saturated carbocycles. The summed E-state index contributed by atoms with van der Waals surface area (Å²) in [6, 6.07) is 3.84. The fraction of sp³-hybridized carbons (Fsp3) is 0.250. The molecule has 0 amide bonds. The fourth-order valence-electron chi connectivity index (χ4n) is 0.978. The highest BCUT2D eigenvalue weighted by molar-refractivity contribution is 5.47. The number of hydrogen-bond acceptors (Lipinski definition) is 4. The molecule has 0 spiro atoms. The van der Waals surface area contributed by atoms with Crippen LogP contribution in [0.2, 0.25) is 0 Å². The van der Waals surface area contributed by atoms with Gasteiger partial charge in [-0.25, -0.2) is 0 Å². The lowest BCUT2D eigenvalue weighted by molar-refractivity contribution is -0.385. The smallest absolute Gasteiger partial charge is 0.310 e. The van der Waals surface area contributed by atoms with Crippen molar-refractivity contribution >= 4 is 5.69 Å². The molecule has 0 aliphatic carbocycles. The molecule has 70 valence electrons. The topological polar surface area (TPSA) is 89.4 Å². The van der Waals surface area contributed by atoms with E-state index in [1.165, 1.54) is 18.2 Å². The van der Waals surface area contributed by atoms with Crippen molar-refractivity contribution in [2.45, 2.75) is 13.0 Å². The number of nitrogens with two attached hydrogens (primary N) is 1. The van der Waals surface area contributed by atoms with Crippen LogP contribution in [0.5, 0.6) is 5.75 Å². The van der Waals surface area contributed by atoms with Crippen LogP contribution in [-0.2, 0) is 0 Å². The van der Waals surface area contributed by atoms with Crippen LogP contribution in [0, 0.1) is 10.1 Å². The van der Waals surface area contributed by atoms with Crippen LogP contribution in [-0.4, -0.2) is 10.0 Å². The van der Waals surface area contributed by atoms with E-state index in [0.717, 1.165) is 0 Å². The number of phenols is 1. The third kappa shape index (κ3) is 1.94. The molecular weight excluding hydrogens is 172 g/mol. The largest absolute Gasteiger partial charge is 0.502 e. The van der Waals surface area contributed by atoms with Gasteiger partial charge in [0.2, 0.25) is 0 Å². The van der Waals surface area contributed by atoms with Gasteiger partial charge in [0.25, 0.3) is 0 Å². The highest BCUT2D eigenvalue weighted by Crippen LogP contribution is 2.27. The minimum atomic E-state index is -0.639. The summed E-state index contributed by atoms with van der Waals surface area (Å²) >= 11 is 0. The number of nitro benzene ring substituents is 1. The summed E-state index contributed by atoms with van der Waals surface area (Å²) in [5.74, 6) is -0.347. The predicted molar refractivity (Wildman–Crippen MR) is 47.4 cm³/mol. The molecule has 0 bridgehead atoms. The average Bonchev–Trinajstić information content (AvgIpc) is 2.03. The van der Waals surface area contributed by atoms with Crippen molar-refractivity contribution in [3.63, 3.8) is 0 Å². The fourth-order valence-corrected chi connectivity index (χ4v) is 0.978. The zero-order valence-electron chi connectivity index (χ0n) is 7.10. The molecular formula is C8H10N2O3. The van der Waals surface area contributed by atoms with Crippen LogP contribution >= 0.6 is 0 Å². The highest BCUT2D eigenvalue weighted by atomic mass is 16.6. The first-order chi connectivity index (χ1) is 6.02. The van der Waals surface area contributed by atoms with Gasteiger partial charge in [-0.3, -0.25) is 10.1 Å². The number of aromatic hydroxyl groups is 1. The number of rotatable bonds is 2. The van der Waals surface area contributed by atoms with Crippen LogP contribution in [0.4, 0.5) is 5.69 Å². The summed E-state index contributed by atoms with van der Waals surface area (Å²) in [5.41, 5.74) is 5.90. The maximum absolute atomic E-state index is 10.3. The Labute approximate surface area is 74.9 Å². The number of nitro groups is 1. The van der Waals surface area contributed by atoms with E-state index < -0.39 is 4.92 Å². The average molecular weight is 182 g/mol. The normalized spacial score (nSPS) is 12.5. The quantitative estimate of drug-likeness (QED) is 0.533. The molecule has 1 aromatic rings. The molecule has 0 aliphatic rings. The molecule has 0 aromatic heterocycles. The van der Waals surface area contributed by atoms with Gasteiger partial charge in [-0.1, -0.05) is 6.07 Å². The molecule has 0 fully saturated rings. The Bertz CT molecular complexity index is 336. The van der Waals surface area contributed by atoms with Gasteiger partial charge in [0, 0.05) is 12.1 Å². The Kier molecular flexibility index (Phi) is 2.48. The van der Waals surface area contributed by atoms with Gasteiger partial charge >= 0.3 is 5.69 Å². The predicted octanol–water partition coefficient (Wildman–Crippen LogP) is 1.32. The third-order valence-electron chi connectivity index (χ3n) is 1.72. The first-order valence-electron chi connectivity index (χ1n) is 3.75. The standard InChI is InChI=1S/C8H10N2O3/c1-5(9)6-2-3-7(10(12)13)8(11)4-6/h2-5,11H,9H2,1H3/t5-/m1/s1. The van der Waals surface area contributed by atoms with Gasteiger partial charge in [0.05, 0.1) is 4.92 Å². The zero-order valence-corrected chi connectivity index (χ0v) is 7.10. The number of phenolic OH excluding ortho intramolecular Hbond substituents is 1. The van der Waals surface area contributed by atoms with Crippen molar-refractivity contribution in [3.8, 4) is 5.75 Å². The minimum Gasteiger partial charge on any atom is -0.502 e. The molecule has 1 rings (SSSR count). The summed E-state index contributed by atoms with van der Waals surface area (Å²) in [6.45, 7) is 1.74. The van der Waals surface area contributed by atoms with E-state index in [1.54, 1.807) is 6.92 Å². The Morgan fingerprint density at radius 3 is 2.62 bits per heavy atom. The van der Waals surface area contributed by atoms with Gasteiger partial charge in [0.1, 0.15) is 0 Å². The lowest BCUT2D eigenvalue weighted by Gasteiger charge is -2.05. The van der Waals surface area contributed by atoms with Gasteiger partial charge < -0.3 is 10.8 Å². The number of benzene rings is 1. The summed E-state index contributed by atoms with van der Waals surface area (Å²) in [6.07, 6.45) is 0. The van der Waals surface area contributed by atoms with Gasteiger partial charge in [0.15, 0.2) is 5.75 Å². The number of hydrogen-bond donors (Lipinski definition) is 2. The van der Waals surface area contributed by atoms with Crippen LogP contribution < -0.4 is 5.73 Å². The molecule has 5 heteroatoms. The van der Waals surface area contributed by atoms with E-state index in [0.29, 0.717) is 5.56 Å². The number of nitrogens with zero attached hydrogens (tertiary/aromatic N) is 1. The molecule has 5 nitrogen and oxygen atoms in total. The molecule has 3 N–H and O–H groups in total. The van der Waals surface area contributed by atoms with E-state index in [1.807, 2.05) is 0 Å². The second-order valence-corrected chi connectivity index (χ2v) is 2.79. The molecule has 0 heterocycles. The maximum Gasteiger partial charge on any atom is 0.310 e. The van der Waals surface area contributed by atoms with Gasteiger partial charge in [-0.15, -0.1) is 0 Å². The van der Waals surface area contributed by atoms with E-state index in [9.17, 15) is 15.2 Å². The summed E-state index contributed by atoms with van der Waals surface area (Å²) < 4.78 is 0. The van der Waals surface area contributed by atoms with Crippen molar-refractivity contribution in [1.29, 1.82) is 0 Å². The highest BCUT2D eigenvalue weighted by Gasteiger charge is 2.13. The van der Waals surface area contributed by atoms with E-state index in [4.69, 9.17) is 5.73 Å². The summed E-state index contributed by atoms with van der Waals surface area (Å²) in [7, 11) is 0. The van der Waals surface area contributed by atoms with Crippen LogP contribution in [0.25, 0.3) is 0 Å². The Morgan fingerprint density at radius 2 is 2.23 bits per heavy atom. The summed E-state index contributed by atoms with van der Waals surface area (Å²) in [5, 5.41) is 19.5. The molecule has 0 radical (unpaired) electrons. The monoisotopic (exact) mass is 182 g/mol. The van der Waals surface area contributed by atoms with Gasteiger partial charge in [-0.05, 0) is 18.6 Å². The molecule has 0 saturated heterocycles. The maximum atomic E-state index is 10.3. The van der Waals surface area contributed by atoms with E-state index >= 15 is 0 Å². The molecule has 0 unspecified atom stereocenters. The first-order valence-corrected chi connectivity index (χ1v) is 3.75. The molecule has 1 aromatic carbocycles.